The molecule has 1 aromatic carbocycles. The smallest absolute Gasteiger partial charge is 0.240 e. The van der Waals surface area contributed by atoms with E-state index in [2.05, 4.69) is 0 Å². The van der Waals surface area contributed by atoms with E-state index in [1.165, 1.54) is 18.2 Å². The van der Waals surface area contributed by atoms with Gasteiger partial charge in [0, 0.05) is 12.1 Å². The maximum Gasteiger partial charge on any atom is 0.240 e. The van der Waals surface area contributed by atoms with Crippen LogP contribution in [0, 0.1) is 11.2 Å². The average molecular weight is 262 g/mol. The molecule has 0 aromatic heterocycles. The van der Waals surface area contributed by atoms with Crippen LogP contribution >= 0.6 is 0 Å². The highest BCUT2D eigenvalue weighted by molar-refractivity contribution is 6.22. The fourth-order valence-corrected chi connectivity index (χ4v) is 3.18. The molecule has 1 saturated carbocycles. The predicted octanol–water partition coefficient (Wildman–Crippen LogP) is 2.23. The molecule has 1 aromatic rings. The van der Waals surface area contributed by atoms with Crippen molar-refractivity contribution in [2.75, 3.05) is 10.6 Å². The predicted molar refractivity (Wildman–Crippen MR) is 68.8 cm³/mol. The van der Waals surface area contributed by atoms with Gasteiger partial charge in [0.15, 0.2) is 0 Å². The van der Waals surface area contributed by atoms with Crippen molar-refractivity contribution >= 4 is 23.2 Å². The van der Waals surface area contributed by atoms with Gasteiger partial charge >= 0.3 is 0 Å². The lowest BCUT2D eigenvalue weighted by Gasteiger charge is -2.21. The minimum atomic E-state index is -0.592. The molecule has 2 N–H and O–H groups in total. The number of hydrogen-bond donors (Lipinski definition) is 1. The molecular weight excluding hydrogens is 247 g/mol. The minimum Gasteiger partial charge on any atom is -0.399 e. The Morgan fingerprint density at radius 2 is 1.89 bits per heavy atom. The number of benzene rings is 1. The Hall–Kier alpha value is -1.91. The van der Waals surface area contributed by atoms with Crippen molar-refractivity contribution in [2.45, 2.75) is 32.1 Å². The third kappa shape index (κ3) is 1.72. The Morgan fingerprint density at radius 1 is 1.21 bits per heavy atom. The van der Waals surface area contributed by atoms with Gasteiger partial charge in [-0.3, -0.25) is 9.59 Å². The van der Waals surface area contributed by atoms with Crippen LogP contribution < -0.4 is 10.6 Å². The number of nitrogens with two attached hydrogens (primary N) is 1. The molecule has 0 radical (unpaired) electrons. The van der Waals surface area contributed by atoms with Crippen molar-refractivity contribution in [1.29, 1.82) is 0 Å². The van der Waals surface area contributed by atoms with Crippen LogP contribution in [0.4, 0.5) is 15.8 Å². The Bertz CT molecular complexity index is 565. The number of hydrogen-bond acceptors (Lipinski definition) is 3. The SMILES string of the molecule is Nc1ccc(F)c(N2C(=O)CC3(CCCC3)C2=O)c1. The van der Waals surface area contributed by atoms with Gasteiger partial charge in [0.25, 0.3) is 0 Å². The molecule has 0 bridgehead atoms. The standard InChI is InChI=1S/C14H15FN2O2/c15-10-4-3-9(16)7-11(10)17-12(18)8-14(13(17)19)5-1-2-6-14/h3-4,7H,1-2,5-6,8,16H2. The van der Waals surface area contributed by atoms with E-state index in [1.807, 2.05) is 0 Å². The topological polar surface area (TPSA) is 63.4 Å². The van der Waals surface area contributed by atoms with Gasteiger partial charge in [-0.1, -0.05) is 12.8 Å². The Balaban J connectivity index is 2.03. The molecular formula is C14H15FN2O2. The van der Waals surface area contributed by atoms with Gasteiger partial charge in [-0.15, -0.1) is 0 Å². The van der Waals surface area contributed by atoms with Crippen molar-refractivity contribution in [3.63, 3.8) is 0 Å². The second-order valence-corrected chi connectivity index (χ2v) is 5.41. The number of imide groups is 1. The fourth-order valence-electron chi connectivity index (χ4n) is 3.18. The monoisotopic (exact) mass is 262 g/mol. The van der Waals surface area contributed by atoms with Crippen LogP contribution in [0.25, 0.3) is 0 Å². The number of nitrogens with zero attached hydrogens (tertiary/aromatic N) is 1. The Labute approximate surface area is 110 Å². The second-order valence-electron chi connectivity index (χ2n) is 5.41. The molecule has 0 atom stereocenters. The van der Waals surface area contributed by atoms with E-state index in [0.717, 1.165) is 30.6 Å². The van der Waals surface area contributed by atoms with Crippen LogP contribution in [0.5, 0.6) is 0 Å². The van der Waals surface area contributed by atoms with Crippen LogP contribution in [0.2, 0.25) is 0 Å². The van der Waals surface area contributed by atoms with Crippen LogP contribution in [-0.2, 0) is 9.59 Å². The number of anilines is 2. The van der Waals surface area contributed by atoms with Crippen molar-refractivity contribution in [2.24, 2.45) is 5.41 Å². The first-order valence-corrected chi connectivity index (χ1v) is 6.46. The highest BCUT2D eigenvalue weighted by Crippen LogP contribution is 2.48. The summed E-state index contributed by atoms with van der Waals surface area (Å²) >= 11 is 0. The molecule has 2 aliphatic rings. The average Bonchev–Trinajstić information content (AvgIpc) is 2.91. The van der Waals surface area contributed by atoms with Crippen LogP contribution in [-0.4, -0.2) is 11.8 Å². The fraction of sp³-hybridized carbons (Fsp3) is 0.429. The van der Waals surface area contributed by atoms with E-state index in [9.17, 15) is 14.0 Å². The molecule has 4 nitrogen and oxygen atoms in total. The number of nitrogen functional groups attached to an aromatic ring is 1. The summed E-state index contributed by atoms with van der Waals surface area (Å²) in [5.74, 6) is -1.18. The number of carbonyl (C=O) groups excluding carboxylic acids is 2. The first kappa shape index (κ1) is 12.1. The summed E-state index contributed by atoms with van der Waals surface area (Å²) in [6.07, 6.45) is 3.54. The van der Waals surface area contributed by atoms with Crippen LogP contribution in [0.1, 0.15) is 32.1 Å². The molecule has 1 spiro atoms. The molecule has 0 unspecified atom stereocenters. The highest BCUT2D eigenvalue weighted by atomic mass is 19.1. The summed E-state index contributed by atoms with van der Waals surface area (Å²) < 4.78 is 13.8. The largest absolute Gasteiger partial charge is 0.399 e. The van der Waals surface area contributed by atoms with E-state index in [0.29, 0.717) is 5.69 Å². The van der Waals surface area contributed by atoms with E-state index >= 15 is 0 Å². The number of amides is 2. The Morgan fingerprint density at radius 3 is 2.58 bits per heavy atom. The van der Waals surface area contributed by atoms with Crippen molar-refractivity contribution < 1.29 is 14.0 Å². The van der Waals surface area contributed by atoms with Crippen molar-refractivity contribution in [3.8, 4) is 0 Å². The maximum atomic E-state index is 13.8. The summed E-state index contributed by atoms with van der Waals surface area (Å²) in [4.78, 5) is 25.6. The first-order chi connectivity index (χ1) is 9.03. The quantitative estimate of drug-likeness (QED) is 0.623. The molecule has 1 saturated heterocycles. The molecule has 1 aliphatic carbocycles. The number of rotatable bonds is 1. The third-order valence-corrected chi connectivity index (χ3v) is 4.17. The van der Waals surface area contributed by atoms with Gasteiger partial charge in [0.05, 0.1) is 11.1 Å². The van der Waals surface area contributed by atoms with Gasteiger partial charge in [0.1, 0.15) is 5.82 Å². The van der Waals surface area contributed by atoms with Gasteiger partial charge in [-0.25, -0.2) is 9.29 Å². The van der Waals surface area contributed by atoms with E-state index in [4.69, 9.17) is 5.73 Å². The van der Waals surface area contributed by atoms with Gasteiger partial charge in [-0.05, 0) is 31.0 Å². The molecule has 100 valence electrons. The normalized spacial score (nSPS) is 21.6. The number of carbonyl (C=O) groups is 2. The second kappa shape index (κ2) is 4.05. The lowest BCUT2D eigenvalue weighted by Crippen LogP contribution is -2.35. The number of halogens is 1. The molecule has 1 heterocycles. The summed E-state index contributed by atoms with van der Waals surface area (Å²) in [5.41, 5.74) is 5.35. The highest BCUT2D eigenvalue weighted by Gasteiger charge is 2.53. The summed E-state index contributed by atoms with van der Waals surface area (Å²) in [7, 11) is 0. The summed E-state index contributed by atoms with van der Waals surface area (Å²) in [5, 5.41) is 0. The van der Waals surface area contributed by atoms with E-state index in [1.54, 1.807) is 0 Å². The molecule has 5 heteroatoms. The van der Waals surface area contributed by atoms with Crippen LogP contribution in [0.15, 0.2) is 18.2 Å². The molecule has 3 rings (SSSR count). The zero-order valence-corrected chi connectivity index (χ0v) is 10.5. The molecule has 19 heavy (non-hydrogen) atoms. The van der Waals surface area contributed by atoms with Crippen LogP contribution in [0.3, 0.4) is 0 Å². The van der Waals surface area contributed by atoms with E-state index in [-0.39, 0.29) is 23.9 Å². The zero-order valence-electron chi connectivity index (χ0n) is 10.5. The minimum absolute atomic E-state index is 0.0150. The maximum absolute atomic E-state index is 13.8. The third-order valence-electron chi connectivity index (χ3n) is 4.17. The van der Waals surface area contributed by atoms with Gasteiger partial charge in [0.2, 0.25) is 11.8 Å². The molecule has 2 amide bonds. The Kier molecular flexibility index (Phi) is 2.59. The van der Waals surface area contributed by atoms with Gasteiger partial charge < -0.3 is 5.73 Å². The molecule has 2 fully saturated rings. The summed E-state index contributed by atoms with van der Waals surface area (Å²) in [6.45, 7) is 0. The first-order valence-electron chi connectivity index (χ1n) is 6.46. The lowest BCUT2D eigenvalue weighted by molar-refractivity contribution is -0.125. The van der Waals surface area contributed by atoms with E-state index < -0.39 is 11.2 Å². The molecule has 1 aliphatic heterocycles. The summed E-state index contributed by atoms with van der Waals surface area (Å²) in [6, 6.07) is 3.94. The lowest BCUT2D eigenvalue weighted by atomic mass is 9.84. The van der Waals surface area contributed by atoms with Crippen molar-refractivity contribution in [1.82, 2.24) is 0 Å². The van der Waals surface area contributed by atoms with Crippen molar-refractivity contribution in [3.05, 3.63) is 24.0 Å². The zero-order chi connectivity index (χ0) is 13.6. The van der Waals surface area contributed by atoms with Gasteiger partial charge in [-0.2, -0.15) is 0 Å².